The van der Waals surface area contributed by atoms with Crippen LogP contribution in [0, 0.1) is 5.92 Å². The second-order valence-electron chi connectivity index (χ2n) is 3.00. The van der Waals surface area contributed by atoms with Gasteiger partial charge in [-0.15, -0.1) is 0 Å². The third-order valence-corrected chi connectivity index (χ3v) is 1.67. The number of likely N-dealkylation sites (N-methyl/N-ethyl adjacent to an activating group) is 1. The van der Waals surface area contributed by atoms with Gasteiger partial charge in [0.2, 0.25) is 0 Å². The van der Waals surface area contributed by atoms with Crippen LogP contribution in [0.15, 0.2) is 0 Å². The van der Waals surface area contributed by atoms with Gasteiger partial charge in [-0.25, -0.2) is 0 Å². The summed E-state index contributed by atoms with van der Waals surface area (Å²) < 4.78 is 5.22. The fourth-order valence-electron chi connectivity index (χ4n) is 1.02. The lowest BCUT2D eigenvalue weighted by Crippen LogP contribution is -2.29. The molecule has 0 radical (unpaired) electrons. The minimum absolute atomic E-state index is 0.106. The molecule has 1 atom stereocenters. The molecule has 0 aliphatic carbocycles. The lowest BCUT2D eigenvalue weighted by molar-refractivity contribution is -0.130. The van der Waals surface area contributed by atoms with Gasteiger partial charge < -0.3 is 9.64 Å². The lowest BCUT2D eigenvalue weighted by atomic mass is 10.1. The minimum Gasteiger partial charge on any atom is -0.348 e. The van der Waals surface area contributed by atoms with Gasteiger partial charge in [-0.2, -0.15) is 0 Å². The van der Waals surface area contributed by atoms with Crippen LogP contribution in [-0.2, 0) is 9.53 Å². The Kier molecular flexibility index (Phi) is 1.94. The van der Waals surface area contributed by atoms with Gasteiger partial charge in [0.1, 0.15) is 12.8 Å². The van der Waals surface area contributed by atoms with E-state index in [2.05, 4.69) is 0 Å². The molecule has 1 amide bonds. The van der Waals surface area contributed by atoms with Crippen molar-refractivity contribution in [1.29, 1.82) is 0 Å². The lowest BCUT2D eigenvalue weighted by Gasteiger charge is -2.10. The first-order valence-corrected chi connectivity index (χ1v) is 3.49. The molecule has 0 aromatic rings. The SMILES string of the molecule is CC(C)C1OCN(C)C1=O. The predicted molar refractivity (Wildman–Crippen MR) is 37.3 cm³/mol. The molecule has 0 N–H and O–H groups in total. The Morgan fingerprint density at radius 3 is 2.50 bits per heavy atom. The highest BCUT2D eigenvalue weighted by atomic mass is 16.5. The van der Waals surface area contributed by atoms with Crippen molar-refractivity contribution in [2.75, 3.05) is 13.8 Å². The second kappa shape index (κ2) is 2.58. The highest BCUT2D eigenvalue weighted by molar-refractivity contribution is 5.82. The number of rotatable bonds is 1. The Morgan fingerprint density at radius 1 is 1.70 bits per heavy atom. The van der Waals surface area contributed by atoms with E-state index in [-0.39, 0.29) is 17.9 Å². The smallest absolute Gasteiger partial charge is 0.253 e. The topological polar surface area (TPSA) is 29.5 Å². The molecule has 1 aliphatic rings. The first-order chi connectivity index (χ1) is 4.63. The van der Waals surface area contributed by atoms with Crippen LogP contribution in [0.4, 0.5) is 0 Å². The van der Waals surface area contributed by atoms with Crippen LogP contribution in [0.5, 0.6) is 0 Å². The number of hydrogen-bond acceptors (Lipinski definition) is 2. The molecule has 3 heteroatoms. The molecule has 1 aliphatic heterocycles. The minimum atomic E-state index is -0.204. The zero-order valence-electron chi connectivity index (χ0n) is 6.63. The van der Waals surface area contributed by atoms with Gasteiger partial charge >= 0.3 is 0 Å². The van der Waals surface area contributed by atoms with Crippen molar-refractivity contribution in [2.45, 2.75) is 20.0 Å². The van der Waals surface area contributed by atoms with Gasteiger partial charge in [0.05, 0.1) is 0 Å². The van der Waals surface area contributed by atoms with Crippen LogP contribution in [0.3, 0.4) is 0 Å². The van der Waals surface area contributed by atoms with E-state index in [9.17, 15) is 4.79 Å². The summed E-state index contributed by atoms with van der Waals surface area (Å²) in [6, 6.07) is 0. The average Bonchev–Trinajstić information content (AvgIpc) is 2.14. The average molecular weight is 143 g/mol. The van der Waals surface area contributed by atoms with E-state index in [4.69, 9.17) is 4.74 Å². The van der Waals surface area contributed by atoms with E-state index >= 15 is 0 Å². The molecule has 3 nitrogen and oxygen atoms in total. The van der Waals surface area contributed by atoms with E-state index in [1.807, 2.05) is 13.8 Å². The van der Waals surface area contributed by atoms with Crippen molar-refractivity contribution in [3.8, 4) is 0 Å². The summed E-state index contributed by atoms with van der Waals surface area (Å²) in [6.07, 6.45) is -0.204. The molecule has 1 saturated heterocycles. The molecule has 58 valence electrons. The summed E-state index contributed by atoms with van der Waals surface area (Å²) in [5.41, 5.74) is 0. The fourth-order valence-corrected chi connectivity index (χ4v) is 1.02. The molecule has 10 heavy (non-hydrogen) atoms. The third kappa shape index (κ3) is 1.14. The van der Waals surface area contributed by atoms with Crippen molar-refractivity contribution in [2.24, 2.45) is 5.92 Å². The van der Waals surface area contributed by atoms with Gasteiger partial charge in [-0.3, -0.25) is 4.79 Å². The van der Waals surface area contributed by atoms with E-state index in [1.54, 1.807) is 11.9 Å². The van der Waals surface area contributed by atoms with E-state index in [0.29, 0.717) is 6.73 Å². The Balaban J connectivity index is 2.57. The first-order valence-electron chi connectivity index (χ1n) is 3.49. The molecular formula is C7H13NO2. The van der Waals surface area contributed by atoms with Crippen molar-refractivity contribution >= 4 is 5.91 Å². The number of nitrogens with zero attached hydrogens (tertiary/aromatic N) is 1. The van der Waals surface area contributed by atoms with Gasteiger partial charge in [0, 0.05) is 7.05 Å². The van der Waals surface area contributed by atoms with Gasteiger partial charge in [0.25, 0.3) is 5.91 Å². The van der Waals surface area contributed by atoms with Crippen LogP contribution in [0.1, 0.15) is 13.8 Å². The highest BCUT2D eigenvalue weighted by Crippen LogP contribution is 2.15. The van der Waals surface area contributed by atoms with Crippen LogP contribution < -0.4 is 0 Å². The summed E-state index contributed by atoms with van der Waals surface area (Å²) in [6.45, 7) is 4.42. The van der Waals surface area contributed by atoms with Crippen molar-refractivity contribution < 1.29 is 9.53 Å². The summed E-state index contributed by atoms with van der Waals surface area (Å²) >= 11 is 0. The molecule has 1 rings (SSSR count). The predicted octanol–water partition coefficient (Wildman–Crippen LogP) is 0.457. The zero-order valence-corrected chi connectivity index (χ0v) is 6.63. The summed E-state index contributed by atoms with van der Waals surface area (Å²) in [4.78, 5) is 12.7. The molecule has 0 aromatic carbocycles. The normalized spacial score (nSPS) is 26.6. The van der Waals surface area contributed by atoms with E-state index in [0.717, 1.165) is 0 Å². The maximum Gasteiger partial charge on any atom is 0.253 e. The summed E-state index contributed by atoms with van der Waals surface area (Å²) in [5, 5.41) is 0. The van der Waals surface area contributed by atoms with Crippen LogP contribution >= 0.6 is 0 Å². The Hall–Kier alpha value is -0.570. The summed E-state index contributed by atoms with van der Waals surface area (Å²) in [5.74, 6) is 0.396. The fraction of sp³-hybridized carbons (Fsp3) is 0.857. The standard InChI is InChI=1S/C7H13NO2/c1-5(2)6-7(9)8(3)4-10-6/h5-6H,4H2,1-3H3. The largest absolute Gasteiger partial charge is 0.348 e. The summed E-state index contributed by atoms with van der Waals surface area (Å²) in [7, 11) is 1.75. The molecule has 0 aromatic heterocycles. The molecule has 1 heterocycles. The van der Waals surface area contributed by atoms with Gasteiger partial charge in [-0.1, -0.05) is 13.8 Å². The Morgan fingerprint density at radius 2 is 2.30 bits per heavy atom. The molecule has 0 saturated carbocycles. The van der Waals surface area contributed by atoms with Gasteiger partial charge in [-0.05, 0) is 5.92 Å². The molecule has 1 unspecified atom stereocenters. The quantitative estimate of drug-likeness (QED) is 0.533. The van der Waals surface area contributed by atoms with E-state index < -0.39 is 0 Å². The third-order valence-electron chi connectivity index (χ3n) is 1.67. The maximum atomic E-state index is 11.1. The maximum absolute atomic E-state index is 11.1. The number of hydrogen-bond donors (Lipinski definition) is 0. The van der Waals surface area contributed by atoms with Crippen molar-refractivity contribution in [3.63, 3.8) is 0 Å². The number of carbonyl (C=O) groups excluding carboxylic acids is 1. The zero-order chi connectivity index (χ0) is 7.72. The Labute approximate surface area is 61.0 Å². The molecule has 0 spiro atoms. The first kappa shape index (κ1) is 7.54. The highest BCUT2D eigenvalue weighted by Gasteiger charge is 2.31. The molecular weight excluding hydrogens is 130 g/mol. The number of carbonyl (C=O) groups is 1. The number of amides is 1. The monoisotopic (exact) mass is 143 g/mol. The van der Waals surface area contributed by atoms with Crippen LogP contribution in [0.2, 0.25) is 0 Å². The molecule has 0 bridgehead atoms. The van der Waals surface area contributed by atoms with Crippen molar-refractivity contribution in [3.05, 3.63) is 0 Å². The molecule has 1 fully saturated rings. The van der Waals surface area contributed by atoms with E-state index in [1.165, 1.54) is 0 Å². The van der Waals surface area contributed by atoms with Crippen LogP contribution in [0.25, 0.3) is 0 Å². The second-order valence-corrected chi connectivity index (χ2v) is 3.00. The van der Waals surface area contributed by atoms with Gasteiger partial charge in [0.15, 0.2) is 0 Å². The van der Waals surface area contributed by atoms with Crippen molar-refractivity contribution in [1.82, 2.24) is 4.90 Å². The Bertz CT molecular complexity index is 145. The van der Waals surface area contributed by atoms with Crippen LogP contribution in [-0.4, -0.2) is 30.7 Å². The number of ether oxygens (including phenoxy) is 1.